The van der Waals surface area contributed by atoms with Gasteiger partial charge in [-0.2, -0.15) is 0 Å². The minimum atomic E-state index is 0.642. The number of benzene rings is 1. The standard InChI is InChI=1S/C20H29N5/c1-5-16-10-7-8-11-17(16)14-22-20(21-6-2)23-15-18-12-9-13-19(24-18)25(3)4/h7-13H,5-6,14-15H2,1-4H3,(H2,21,22,23). The first-order valence-electron chi connectivity index (χ1n) is 8.86. The van der Waals surface area contributed by atoms with Crippen LogP contribution in [-0.4, -0.2) is 31.6 Å². The Morgan fingerprint density at radius 3 is 2.44 bits per heavy atom. The Hall–Kier alpha value is -2.56. The first-order valence-corrected chi connectivity index (χ1v) is 8.86. The number of rotatable bonds is 7. The van der Waals surface area contributed by atoms with Gasteiger partial charge in [-0.1, -0.05) is 37.3 Å². The molecule has 2 N–H and O–H groups in total. The first kappa shape index (κ1) is 18.8. The van der Waals surface area contributed by atoms with Crippen LogP contribution in [0.4, 0.5) is 5.82 Å². The van der Waals surface area contributed by atoms with Gasteiger partial charge in [0.25, 0.3) is 0 Å². The minimum Gasteiger partial charge on any atom is -0.363 e. The number of hydrogen-bond acceptors (Lipinski definition) is 3. The summed E-state index contributed by atoms with van der Waals surface area (Å²) >= 11 is 0. The van der Waals surface area contributed by atoms with Crippen LogP contribution in [0.25, 0.3) is 0 Å². The van der Waals surface area contributed by atoms with E-state index in [1.165, 1.54) is 11.1 Å². The van der Waals surface area contributed by atoms with Gasteiger partial charge in [0.05, 0.1) is 18.8 Å². The molecule has 0 aliphatic carbocycles. The van der Waals surface area contributed by atoms with E-state index in [-0.39, 0.29) is 0 Å². The molecular weight excluding hydrogens is 310 g/mol. The molecule has 0 fully saturated rings. The van der Waals surface area contributed by atoms with Crippen molar-refractivity contribution in [1.82, 2.24) is 15.6 Å². The number of hydrogen-bond donors (Lipinski definition) is 2. The highest BCUT2D eigenvalue weighted by Gasteiger charge is 2.03. The Labute approximate surface area is 151 Å². The van der Waals surface area contributed by atoms with Gasteiger partial charge in [-0.15, -0.1) is 0 Å². The predicted octanol–water partition coefficient (Wildman–Crippen LogP) is 2.97. The van der Waals surface area contributed by atoms with Crippen LogP contribution < -0.4 is 15.5 Å². The van der Waals surface area contributed by atoms with Gasteiger partial charge < -0.3 is 15.5 Å². The van der Waals surface area contributed by atoms with Gasteiger partial charge in [0.2, 0.25) is 0 Å². The van der Waals surface area contributed by atoms with E-state index >= 15 is 0 Å². The van der Waals surface area contributed by atoms with Crippen LogP contribution in [0.2, 0.25) is 0 Å². The molecule has 0 unspecified atom stereocenters. The minimum absolute atomic E-state index is 0.642. The van der Waals surface area contributed by atoms with Crippen LogP contribution in [-0.2, 0) is 19.5 Å². The normalized spacial score (nSPS) is 11.3. The summed E-state index contributed by atoms with van der Waals surface area (Å²) < 4.78 is 0. The van der Waals surface area contributed by atoms with Crippen molar-refractivity contribution in [3.8, 4) is 0 Å². The van der Waals surface area contributed by atoms with E-state index in [9.17, 15) is 0 Å². The fourth-order valence-corrected chi connectivity index (χ4v) is 2.55. The van der Waals surface area contributed by atoms with E-state index in [0.29, 0.717) is 13.1 Å². The molecule has 5 nitrogen and oxygen atoms in total. The Morgan fingerprint density at radius 2 is 1.76 bits per heavy atom. The molecule has 0 amide bonds. The van der Waals surface area contributed by atoms with Gasteiger partial charge in [0, 0.05) is 20.6 Å². The lowest BCUT2D eigenvalue weighted by atomic mass is 10.1. The molecule has 5 heteroatoms. The molecule has 1 heterocycles. The average Bonchev–Trinajstić information content (AvgIpc) is 2.64. The van der Waals surface area contributed by atoms with E-state index in [1.54, 1.807) is 0 Å². The number of aromatic nitrogens is 1. The lowest BCUT2D eigenvalue weighted by Crippen LogP contribution is -2.37. The topological polar surface area (TPSA) is 52.6 Å². The third kappa shape index (κ3) is 5.78. The highest BCUT2D eigenvalue weighted by Crippen LogP contribution is 2.11. The number of pyridine rings is 1. The molecule has 0 aliphatic rings. The van der Waals surface area contributed by atoms with Crippen molar-refractivity contribution < 1.29 is 0 Å². The number of aryl methyl sites for hydroxylation is 1. The van der Waals surface area contributed by atoms with Gasteiger partial charge in [-0.3, -0.25) is 0 Å². The zero-order valence-electron chi connectivity index (χ0n) is 15.7. The Bertz CT molecular complexity index is 694. The highest BCUT2D eigenvalue weighted by atomic mass is 15.2. The van der Waals surface area contributed by atoms with Crippen LogP contribution in [0.15, 0.2) is 47.5 Å². The molecular formula is C20H29N5. The fraction of sp³-hybridized carbons (Fsp3) is 0.400. The van der Waals surface area contributed by atoms with Crippen LogP contribution >= 0.6 is 0 Å². The smallest absolute Gasteiger partial charge is 0.191 e. The van der Waals surface area contributed by atoms with E-state index in [1.807, 2.05) is 37.2 Å². The number of nitrogens with zero attached hydrogens (tertiary/aromatic N) is 3. The summed E-state index contributed by atoms with van der Waals surface area (Å²) in [4.78, 5) is 11.4. The van der Waals surface area contributed by atoms with Crippen molar-refractivity contribution in [3.63, 3.8) is 0 Å². The second kappa shape index (κ2) is 9.67. The first-order chi connectivity index (χ1) is 12.1. The summed E-state index contributed by atoms with van der Waals surface area (Å²) in [7, 11) is 3.99. The Morgan fingerprint density at radius 1 is 1.00 bits per heavy atom. The van der Waals surface area contributed by atoms with Crippen LogP contribution in [0.1, 0.15) is 30.7 Å². The summed E-state index contributed by atoms with van der Waals surface area (Å²) in [5.41, 5.74) is 3.61. The van der Waals surface area contributed by atoms with Crippen LogP contribution in [0, 0.1) is 0 Å². The number of aliphatic imine (C=N–C) groups is 1. The number of guanidine groups is 1. The van der Waals surface area contributed by atoms with Gasteiger partial charge in [0.15, 0.2) is 5.96 Å². The molecule has 0 saturated carbocycles. The molecule has 0 spiro atoms. The summed E-state index contributed by atoms with van der Waals surface area (Å²) in [6, 6.07) is 14.5. The molecule has 134 valence electrons. The molecule has 25 heavy (non-hydrogen) atoms. The van der Waals surface area contributed by atoms with Gasteiger partial charge in [-0.25, -0.2) is 9.98 Å². The molecule has 0 aliphatic heterocycles. The van der Waals surface area contributed by atoms with Crippen LogP contribution in [0.5, 0.6) is 0 Å². The largest absolute Gasteiger partial charge is 0.363 e. The maximum Gasteiger partial charge on any atom is 0.191 e. The zero-order valence-corrected chi connectivity index (χ0v) is 15.7. The summed E-state index contributed by atoms with van der Waals surface area (Å²) in [6.45, 7) is 6.39. The summed E-state index contributed by atoms with van der Waals surface area (Å²) in [5, 5.41) is 6.67. The Kier molecular flexibility index (Phi) is 7.26. The molecule has 2 aromatic rings. The molecule has 2 rings (SSSR count). The maximum absolute atomic E-state index is 4.72. The number of nitrogens with one attached hydrogen (secondary N) is 2. The third-order valence-electron chi connectivity index (χ3n) is 3.94. The van der Waals surface area contributed by atoms with Gasteiger partial charge >= 0.3 is 0 Å². The lowest BCUT2D eigenvalue weighted by Gasteiger charge is -2.14. The van der Waals surface area contributed by atoms with Crippen molar-refractivity contribution in [1.29, 1.82) is 0 Å². The van der Waals surface area contributed by atoms with E-state index < -0.39 is 0 Å². The predicted molar refractivity (Wildman–Crippen MR) is 106 cm³/mol. The summed E-state index contributed by atoms with van der Waals surface area (Å²) in [5.74, 6) is 1.77. The maximum atomic E-state index is 4.72. The quantitative estimate of drug-likeness (QED) is 0.601. The molecule has 0 saturated heterocycles. The monoisotopic (exact) mass is 339 g/mol. The average molecular weight is 339 g/mol. The van der Waals surface area contributed by atoms with Gasteiger partial charge in [-0.05, 0) is 36.6 Å². The second-order valence-electron chi connectivity index (χ2n) is 6.05. The van der Waals surface area contributed by atoms with Gasteiger partial charge in [0.1, 0.15) is 5.82 Å². The van der Waals surface area contributed by atoms with E-state index in [0.717, 1.165) is 30.4 Å². The molecule has 1 aromatic carbocycles. The van der Waals surface area contributed by atoms with Crippen molar-refractivity contribution >= 4 is 11.8 Å². The molecule has 0 radical (unpaired) electrons. The van der Waals surface area contributed by atoms with Crippen molar-refractivity contribution in [2.24, 2.45) is 4.99 Å². The zero-order chi connectivity index (χ0) is 18.1. The number of anilines is 1. The van der Waals surface area contributed by atoms with Crippen molar-refractivity contribution in [2.45, 2.75) is 33.4 Å². The van der Waals surface area contributed by atoms with Crippen molar-refractivity contribution in [2.75, 3.05) is 25.5 Å². The molecule has 0 bridgehead atoms. The van der Waals surface area contributed by atoms with Crippen LogP contribution in [0.3, 0.4) is 0 Å². The molecule has 1 aromatic heterocycles. The fourth-order valence-electron chi connectivity index (χ4n) is 2.55. The highest BCUT2D eigenvalue weighted by molar-refractivity contribution is 5.79. The van der Waals surface area contributed by atoms with Crippen molar-refractivity contribution in [3.05, 3.63) is 59.3 Å². The summed E-state index contributed by atoms with van der Waals surface area (Å²) in [6.07, 6.45) is 1.02. The molecule has 0 atom stereocenters. The SMILES string of the molecule is CCNC(=NCc1ccccc1CC)NCc1cccc(N(C)C)n1. The third-order valence-corrected chi connectivity index (χ3v) is 3.94. The lowest BCUT2D eigenvalue weighted by molar-refractivity contribution is 0.796. The second-order valence-corrected chi connectivity index (χ2v) is 6.05. The van der Waals surface area contributed by atoms with E-state index in [2.05, 4.69) is 53.7 Å². The Balaban J connectivity index is 2.04. The van der Waals surface area contributed by atoms with E-state index in [4.69, 9.17) is 4.99 Å².